The predicted molar refractivity (Wildman–Crippen MR) is 73.9 cm³/mol. The highest BCUT2D eigenvalue weighted by Gasteiger charge is 2.16. The van der Waals surface area contributed by atoms with Crippen LogP contribution in [0.15, 0.2) is 18.2 Å². The van der Waals surface area contributed by atoms with Gasteiger partial charge in [-0.25, -0.2) is 0 Å². The predicted octanol–water partition coefficient (Wildman–Crippen LogP) is 0.968. The summed E-state index contributed by atoms with van der Waals surface area (Å²) in [7, 11) is 1.74. The number of fused-ring (bicyclic) bond motifs is 1. The molecule has 0 aliphatic carbocycles. The standard InChI is InChI=1S/C14H19N3O2/c1-9(16-14(19)8-15-2)10-3-5-12-11(7-10)4-6-13(18)17-12/h3,5,7,9,15H,4,6,8H2,1-2H3,(H,16,19)(H,17,18). The summed E-state index contributed by atoms with van der Waals surface area (Å²) in [5.41, 5.74) is 3.07. The van der Waals surface area contributed by atoms with Crippen molar-refractivity contribution >= 4 is 17.5 Å². The summed E-state index contributed by atoms with van der Waals surface area (Å²) in [5, 5.41) is 8.59. The average molecular weight is 261 g/mol. The van der Waals surface area contributed by atoms with Crippen LogP contribution in [0, 0.1) is 0 Å². The second-order valence-electron chi connectivity index (χ2n) is 4.78. The lowest BCUT2D eigenvalue weighted by atomic mass is 9.98. The van der Waals surface area contributed by atoms with Gasteiger partial charge in [0, 0.05) is 12.1 Å². The fraction of sp³-hybridized carbons (Fsp3) is 0.429. The van der Waals surface area contributed by atoms with Crippen LogP contribution in [0.2, 0.25) is 0 Å². The van der Waals surface area contributed by atoms with Crippen molar-refractivity contribution in [2.75, 3.05) is 18.9 Å². The van der Waals surface area contributed by atoms with Crippen molar-refractivity contribution in [2.24, 2.45) is 0 Å². The summed E-state index contributed by atoms with van der Waals surface area (Å²) < 4.78 is 0. The number of anilines is 1. The van der Waals surface area contributed by atoms with Crippen LogP contribution >= 0.6 is 0 Å². The van der Waals surface area contributed by atoms with Gasteiger partial charge in [0.2, 0.25) is 11.8 Å². The van der Waals surface area contributed by atoms with E-state index in [2.05, 4.69) is 22.0 Å². The lowest BCUT2D eigenvalue weighted by Crippen LogP contribution is -2.34. The van der Waals surface area contributed by atoms with E-state index in [0.29, 0.717) is 13.0 Å². The molecule has 3 N–H and O–H groups in total. The van der Waals surface area contributed by atoms with Crippen molar-refractivity contribution in [3.63, 3.8) is 0 Å². The number of aryl methyl sites for hydroxylation is 1. The van der Waals surface area contributed by atoms with Crippen molar-refractivity contribution in [3.05, 3.63) is 29.3 Å². The molecule has 2 rings (SSSR count). The third-order valence-corrected chi connectivity index (χ3v) is 3.24. The summed E-state index contributed by atoms with van der Waals surface area (Å²) in [6, 6.07) is 5.86. The van der Waals surface area contributed by atoms with Gasteiger partial charge >= 0.3 is 0 Å². The molecule has 5 nitrogen and oxygen atoms in total. The molecule has 1 atom stereocenters. The first-order chi connectivity index (χ1) is 9.10. The van der Waals surface area contributed by atoms with E-state index in [1.54, 1.807) is 7.05 Å². The Hall–Kier alpha value is -1.88. The molecule has 0 spiro atoms. The molecular formula is C14H19N3O2. The molecule has 0 aromatic heterocycles. The highest BCUT2D eigenvalue weighted by Crippen LogP contribution is 2.25. The molecule has 1 aliphatic rings. The summed E-state index contributed by atoms with van der Waals surface area (Å²) in [6.07, 6.45) is 1.28. The number of benzene rings is 1. The first-order valence-electron chi connectivity index (χ1n) is 6.47. The molecular weight excluding hydrogens is 242 g/mol. The van der Waals surface area contributed by atoms with Crippen molar-refractivity contribution in [1.82, 2.24) is 10.6 Å². The average Bonchev–Trinajstić information content (AvgIpc) is 2.38. The molecule has 1 heterocycles. The highest BCUT2D eigenvalue weighted by molar-refractivity contribution is 5.93. The van der Waals surface area contributed by atoms with Crippen LogP contribution in [-0.2, 0) is 16.0 Å². The van der Waals surface area contributed by atoms with Crippen molar-refractivity contribution in [2.45, 2.75) is 25.8 Å². The summed E-state index contributed by atoms with van der Waals surface area (Å²) >= 11 is 0. The molecule has 19 heavy (non-hydrogen) atoms. The zero-order chi connectivity index (χ0) is 13.8. The Kier molecular flexibility index (Phi) is 4.16. The Morgan fingerprint density at radius 1 is 1.42 bits per heavy atom. The van der Waals surface area contributed by atoms with Crippen LogP contribution in [0.5, 0.6) is 0 Å². The highest BCUT2D eigenvalue weighted by atomic mass is 16.2. The Labute approximate surface area is 112 Å². The summed E-state index contributed by atoms with van der Waals surface area (Å²) in [6.45, 7) is 2.27. The molecule has 0 saturated carbocycles. The van der Waals surface area contributed by atoms with Crippen LogP contribution in [0.25, 0.3) is 0 Å². The lowest BCUT2D eigenvalue weighted by molar-refractivity contribution is -0.120. The second-order valence-corrected chi connectivity index (χ2v) is 4.78. The molecule has 1 aromatic carbocycles. The van der Waals surface area contributed by atoms with Crippen molar-refractivity contribution in [3.8, 4) is 0 Å². The van der Waals surface area contributed by atoms with Crippen LogP contribution in [0.4, 0.5) is 5.69 Å². The normalized spacial score (nSPS) is 15.4. The van der Waals surface area contributed by atoms with E-state index in [9.17, 15) is 9.59 Å². The first kappa shape index (κ1) is 13.5. The number of nitrogens with one attached hydrogen (secondary N) is 3. The molecule has 0 fully saturated rings. The fourth-order valence-electron chi connectivity index (χ4n) is 2.21. The van der Waals surface area contributed by atoms with Gasteiger partial charge in [-0.2, -0.15) is 0 Å². The molecule has 1 aromatic rings. The minimum absolute atomic E-state index is 0.0268. The minimum atomic E-state index is -0.0382. The lowest BCUT2D eigenvalue weighted by Gasteiger charge is -2.20. The maximum absolute atomic E-state index is 11.5. The number of carbonyl (C=O) groups excluding carboxylic acids is 2. The Balaban J connectivity index is 2.09. The number of hydrogen-bond donors (Lipinski definition) is 3. The van der Waals surface area contributed by atoms with Crippen LogP contribution in [0.3, 0.4) is 0 Å². The first-order valence-corrected chi connectivity index (χ1v) is 6.47. The molecule has 1 unspecified atom stereocenters. The number of carbonyl (C=O) groups is 2. The van der Waals surface area contributed by atoms with Gasteiger partial charge in [-0.3, -0.25) is 9.59 Å². The fourth-order valence-corrected chi connectivity index (χ4v) is 2.21. The molecule has 0 bridgehead atoms. The molecule has 102 valence electrons. The zero-order valence-corrected chi connectivity index (χ0v) is 11.2. The molecule has 2 amide bonds. The molecule has 5 heteroatoms. The zero-order valence-electron chi connectivity index (χ0n) is 11.2. The number of amides is 2. The van der Waals surface area contributed by atoms with Gasteiger partial charge in [0.25, 0.3) is 0 Å². The number of likely N-dealkylation sites (N-methyl/N-ethyl adjacent to an activating group) is 1. The van der Waals surface area contributed by atoms with Crippen LogP contribution in [-0.4, -0.2) is 25.4 Å². The van der Waals surface area contributed by atoms with E-state index in [-0.39, 0.29) is 17.9 Å². The topological polar surface area (TPSA) is 70.2 Å². The number of rotatable bonds is 4. The van der Waals surface area contributed by atoms with Gasteiger partial charge in [0.15, 0.2) is 0 Å². The van der Waals surface area contributed by atoms with Gasteiger partial charge in [0.05, 0.1) is 12.6 Å². The van der Waals surface area contributed by atoms with E-state index < -0.39 is 0 Å². The smallest absolute Gasteiger partial charge is 0.234 e. The van der Waals surface area contributed by atoms with Gasteiger partial charge in [-0.15, -0.1) is 0 Å². The van der Waals surface area contributed by atoms with Crippen molar-refractivity contribution in [1.29, 1.82) is 0 Å². The van der Waals surface area contributed by atoms with Gasteiger partial charge < -0.3 is 16.0 Å². The Morgan fingerprint density at radius 2 is 2.21 bits per heavy atom. The van der Waals surface area contributed by atoms with E-state index >= 15 is 0 Å². The van der Waals surface area contributed by atoms with E-state index in [1.165, 1.54) is 0 Å². The monoisotopic (exact) mass is 261 g/mol. The quantitative estimate of drug-likeness (QED) is 0.756. The Morgan fingerprint density at radius 3 is 2.95 bits per heavy atom. The third kappa shape index (κ3) is 3.32. The van der Waals surface area contributed by atoms with Gasteiger partial charge in [-0.05, 0) is 37.6 Å². The summed E-state index contributed by atoms with van der Waals surface area (Å²) in [5.74, 6) is 0.0386. The minimum Gasteiger partial charge on any atom is -0.348 e. The maximum Gasteiger partial charge on any atom is 0.234 e. The van der Waals surface area contributed by atoms with Gasteiger partial charge in [0.1, 0.15) is 0 Å². The summed E-state index contributed by atoms with van der Waals surface area (Å²) in [4.78, 5) is 22.8. The van der Waals surface area contributed by atoms with E-state index in [1.807, 2.05) is 19.1 Å². The van der Waals surface area contributed by atoms with E-state index in [0.717, 1.165) is 23.2 Å². The third-order valence-electron chi connectivity index (χ3n) is 3.24. The number of hydrogen-bond acceptors (Lipinski definition) is 3. The van der Waals surface area contributed by atoms with E-state index in [4.69, 9.17) is 0 Å². The SMILES string of the molecule is CNCC(=O)NC(C)c1ccc2c(c1)CCC(=O)N2. The van der Waals surface area contributed by atoms with Crippen LogP contribution < -0.4 is 16.0 Å². The molecule has 1 aliphatic heterocycles. The van der Waals surface area contributed by atoms with Crippen molar-refractivity contribution < 1.29 is 9.59 Å². The van der Waals surface area contributed by atoms with Gasteiger partial charge in [-0.1, -0.05) is 12.1 Å². The maximum atomic E-state index is 11.5. The molecule has 0 saturated heterocycles. The van der Waals surface area contributed by atoms with Crippen LogP contribution in [0.1, 0.15) is 30.5 Å². The largest absolute Gasteiger partial charge is 0.348 e. The molecule has 0 radical (unpaired) electrons. The Bertz CT molecular complexity index is 499. The second kappa shape index (κ2) is 5.84.